The lowest BCUT2D eigenvalue weighted by molar-refractivity contribution is -0.117. The lowest BCUT2D eigenvalue weighted by atomic mass is 9.97. The van der Waals surface area contributed by atoms with Crippen LogP contribution in [0, 0.1) is 5.92 Å². The van der Waals surface area contributed by atoms with Crippen LogP contribution in [0.3, 0.4) is 0 Å². The van der Waals surface area contributed by atoms with Gasteiger partial charge in [0.2, 0.25) is 5.91 Å². The van der Waals surface area contributed by atoms with E-state index in [9.17, 15) is 4.79 Å². The summed E-state index contributed by atoms with van der Waals surface area (Å²) in [5, 5.41) is 2.91. The maximum atomic E-state index is 12.0. The van der Waals surface area contributed by atoms with Gasteiger partial charge in [-0.3, -0.25) is 9.69 Å². The summed E-state index contributed by atoms with van der Waals surface area (Å²) in [6, 6.07) is 7.79. The van der Waals surface area contributed by atoms with E-state index in [1.807, 2.05) is 24.3 Å². The number of benzene rings is 1. The van der Waals surface area contributed by atoms with Crippen molar-refractivity contribution in [1.29, 1.82) is 0 Å². The molecule has 0 saturated carbocycles. The third-order valence-corrected chi connectivity index (χ3v) is 3.74. The van der Waals surface area contributed by atoms with Gasteiger partial charge in [-0.2, -0.15) is 0 Å². The molecular weight excluding hydrogens is 306 g/mol. The molecule has 2 unspecified atom stereocenters. The standard InChI is InChI=1S/C14H20BrN3O/c1-10-5-12(16)8-18(7-10)9-14(19)17-13-4-2-3-11(15)6-13/h2-4,6,10,12H,5,7-9,16H2,1H3,(H,17,19). The first-order valence-electron chi connectivity index (χ1n) is 6.56. The Hall–Kier alpha value is -0.910. The molecule has 1 aromatic carbocycles. The average molecular weight is 326 g/mol. The number of rotatable bonds is 3. The van der Waals surface area contributed by atoms with Gasteiger partial charge >= 0.3 is 0 Å². The van der Waals surface area contributed by atoms with Gasteiger partial charge in [-0.15, -0.1) is 0 Å². The molecule has 1 heterocycles. The molecule has 1 fully saturated rings. The molecule has 0 bridgehead atoms. The Morgan fingerprint density at radius 1 is 1.53 bits per heavy atom. The van der Waals surface area contributed by atoms with Crippen LogP contribution in [0.15, 0.2) is 28.7 Å². The lowest BCUT2D eigenvalue weighted by Gasteiger charge is -2.34. The Morgan fingerprint density at radius 2 is 2.32 bits per heavy atom. The minimum Gasteiger partial charge on any atom is -0.327 e. The van der Waals surface area contributed by atoms with E-state index in [1.54, 1.807) is 0 Å². The zero-order valence-corrected chi connectivity index (χ0v) is 12.7. The number of carbonyl (C=O) groups excluding carboxylic acids is 1. The van der Waals surface area contributed by atoms with Crippen molar-refractivity contribution in [2.45, 2.75) is 19.4 Å². The summed E-state index contributed by atoms with van der Waals surface area (Å²) in [4.78, 5) is 14.1. The number of amides is 1. The molecule has 2 rings (SSSR count). The van der Waals surface area contributed by atoms with Crippen molar-refractivity contribution in [1.82, 2.24) is 4.90 Å². The van der Waals surface area contributed by atoms with Crippen LogP contribution in [0.1, 0.15) is 13.3 Å². The predicted octanol–water partition coefficient (Wildman–Crippen LogP) is 2.06. The van der Waals surface area contributed by atoms with E-state index in [2.05, 4.69) is 33.1 Å². The van der Waals surface area contributed by atoms with Gasteiger partial charge < -0.3 is 11.1 Å². The smallest absolute Gasteiger partial charge is 0.238 e. The summed E-state index contributed by atoms with van der Waals surface area (Å²) < 4.78 is 0.957. The fourth-order valence-corrected chi connectivity index (χ4v) is 3.01. The normalized spacial score (nSPS) is 24.2. The quantitative estimate of drug-likeness (QED) is 0.894. The minimum atomic E-state index is 0.0133. The van der Waals surface area contributed by atoms with Crippen molar-refractivity contribution in [3.63, 3.8) is 0 Å². The zero-order chi connectivity index (χ0) is 13.8. The lowest BCUT2D eigenvalue weighted by Crippen LogP contribution is -2.48. The zero-order valence-electron chi connectivity index (χ0n) is 11.1. The number of anilines is 1. The molecule has 0 aliphatic carbocycles. The molecule has 19 heavy (non-hydrogen) atoms. The Labute approximate surface area is 122 Å². The summed E-state index contributed by atoms with van der Waals surface area (Å²) in [6.07, 6.45) is 1.05. The third-order valence-electron chi connectivity index (χ3n) is 3.24. The van der Waals surface area contributed by atoms with Crippen molar-refractivity contribution in [2.75, 3.05) is 25.0 Å². The molecule has 4 nitrogen and oxygen atoms in total. The van der Waals surface area contributed by atoms with Crippen molar-refractivity contribution < 1.29 is 4.79 Å². The fraction of sp³-hybridized carbons (Fsp3) is 0.500. The first kappa shape index (κ1) is 14.5. The SMILES string of the molecule is CC1CC(N)CN(CC(=O)Nc2cccc(Br)c2)C1. The Kier molecular flexibility index (Phi) is 4.96. The number of likely N-dealkylation sites (tertiary alicyclic amines) is 1. The van der Waals surface area contributed by atoms with Crippen molar-refractivity contribution in [3.05, 3.63) is 28.7 Å². The van der Waals surface area contributed by atoms with Crippen LogP contribution in [0.2, 0.25) is 0 Å². The highest BCUT2D eigenvalue weighted by Gasteiger charge is 2.23. The first-order valence-corrected chi connectivity index (χ1v) is 7.35. The molecule has 0 spiro atoms. The molecule has 5 heteroatoms. The number of nitrogens with one attached hydrogen (secondary N) is 1. The molecule has 104 valence electrons. The summed E-state index contributed by atoms with van der Waals surface area (Å²) in [7, 11) is 0. The summed E-state index contributed by atoms with van der Waals surface area (Å²) >= 11 is 3.39. The van der Waals surface area contributed by atoms with Gasteiger partial charge in [0.15, 0.2) is 0 Å². The maximum absolute atomic E-state index is 12.0. The van der Waals surface area contributed by atoms with E-state index in [1.165, 1.54) is 0 Å². The number of nitrogens with two attached hydrogens (primary N) is 1. The van der Waals surface area contributed by atoms with Crippen molar-refractivity contribution in [3.8, 4) is 0 Å². The van der Waals surface area contributed by atoms with Gasteiger partial charge in [0.25, 0.3) is 0 Å². The molecule has 1 saturated heterocycles. The van der Waals surface area contributed by atoms with Crippen molar-refractivity contribution >= 4 is 27.5 Å². The van der Waals surface area contributed by atoms with Crippen LogP contribution in [0.4, 0.5) is 5.69 Å². The number of piperidine rings is 1. The summed E-state index contributed by atoms with van der Waals surface area (Å²) in [6.45, 7) is 4.33. The van der Waals surface area contributed by atoms with Crippen LogP contribution >= 0.6 is 15.9 Å². The highest BCUT2D eigenvalue weighted by atomic mass is 79.9. The van der Waals surface area contributed by atoms with Crippen LogP contribution in [0.25, 0.3) is 0 Å². The van der Waals surface area contributed by atoms with E-state index < -0.39 is 0 Å². The van der Waals surface area contributed by atoms with E-state index in [0.717, 1.165) is 29.7 Å². The van der Waals surface area contributed by atoms with Crippen molar-refractivity contribution in [2.24, 2.45) is 11.7 Å². The number of nitrogens with zero attached hydrogens (tertiary/aromatic N) is 1. The minimum absolute atomic E-state index is 0.0133. The number of hydrogen-bond acceptors (Lipinski definition) is 3. The predicted molar refractivity (Wildman–Crippen MR) is 81.0 cm³/mol. The van der Waals surface area contributed by atoms with Gasteiger partial charge in [0, 0.05) is 29.3 Å². The van der Waals surface area contributed by atoms with Gasteiger partial charge in [-0.25, -0.2) is 0 Å². The van der Waals surface area contributed by atoms with Crippen LogP contribution in [-0.4, -0.2) is 36.5 Å². The third kappa shape index (κ3) is 4.60. The van der Waals surface area contributed by atoms with E-state index >= 15 is 0 Å². The molecule has 1 aromatic rings. The Morgan fingerprint density at radius 3 is 3.00 bits per heavy atom. The molecule has 3 N–H and O–H groups in total. The average Bonchev–Trinajstić information content (AvgIpc) is 2.26. The van der Waals surface area contributed by atoms with Gasteiger partial charge in [-0.1, -0.05) is 28.9 Å². The molecule has 2 atom stereocenters. The molecule has 0 aromatic heterocycles. The van der Waals surface area contributed by atoms with E-state index in [-0.39, 0.29) is 11.9 Å². The van der Waals surface area contributed by atoms with Crippen LogP contribution in [-0.2, 0) is 4.79 Å². The molecular formula is C14H20BrN3O. The van der Waals surface area contributed by atoms with Gasteiger partial charge in [0.1, 0.15) is 0 Å². The second-order valence-electron chi connectivity index (χ2n) is 5.35. The Bertz CT molecular complexity index is 442. The van der Waals surface area contributed by atoms with E-state index in [4.69, 9.17) is 5.73 Å². The number of halogens is 1. The largest absolute Gasteiger partial charge is 0.327 e. The van der Waals surface area contributed by atoms with Crippen LogP contribution < -0.4 is 11.1 Å². The highest BCUT2D eigenvalue weighted by Crippen LogP contribution is 2.17. The van der Waals surface area contributed by atoms with Gasteiger partial charge in [0.05, 0.1) is 6.54 Å². The molecule has 1 aliphatic rings. The topological polar surface area (TPSA) is 58.4 Å². The Balaban J connectivity index is 1.87. The fourth-order valence-electron chi connectivity index (χ4n) is 2.61. The number of carbonyl (C=O) groups is 1. The van der Waals surface area contributed by atoms with Gasteiger partial charge in [-0.05, 0) is 30.5 Å². The second-order valence-corrected chi connectivity index (χ2v) is 6.27. The maximum Gasteiger partial charge on any atom is 0.238 e. The highest BCUT2D eigenvalue weighted by molar-refractivity contribution is 9.10. The monoisotopic (exact) mass is 325 g/mol. The molecule has 1 aliphatic heterocycles. The summed E-state index contributed by atoms with van der Waals surface area (Å²) in [5.41, 5.74) is 6.80. The molecule has 0 radical (unpaired) electrons. The number of hydrogen-bond donors (Lipinski definition) is 2. The summed E-state index contributed by atoms with van der Waals surface area (Å²) in [5.74, 6) is 0.571. The molecule has 1 amide bonds. The first-order chi connectivity index (χ1) is 9.02. The van der Waals surface area contributed by atoms with Crippen LogP contribution in [0.5, 0.6) is 0 Å². The second kappa shape index (κ2) is 6.50. The van der Waals surface area contributed by atoms with E-state index in [0.29, 0.717) is 12.5 Å².